The summed E-state index contributed by atoms with van der Waals surface area (Å²) < 4.78 is 1.91. The summed E-state index contributed by atoms with van der Waals surface area (Å²) in [6.07, 6.45) is 11.0. The van der Waals surface area contributed by atoms with Crippen LogP contribution in [0, 0.1) is 6.92 Å². The molecular weight excluding hydrogens is 442 g/mol. The Morgan fingerprint density at radius 2 is 1.94 bits per heavy atom. The number of imidazole rings is 1. The van der Waals surface area contributed by atoms with Crippen molar-refractivity contribution < 1.29 is 4.79 Å². The van der Waals surface area contributed by atoms with E-state index in [4.69, 9.17) is 0 Å². The van der Waals surface area contributed by atoms with Gasteiger partial charge in [-0.1, -0.05) is 6.92 Å². The van der Waals surface area contributed by atoms with Crippen molar-refractivity contribution in [1.29, 1.82) is 0 Å². The summed E-state index contributed by atoms with van der Waals surface area (Å²) in [6.45, 7) is 3.76. The number of nitrogens with zero attached hydrogens (tertiary/aromatic N) is 6. The van der Waals surface area contributed by atoms with Gasteiger partial charge in [-0.15, -0.1) is 0 Å². The predicted molar refractivity (Wildman–Crippen MR) is 133 cm³/mol. The Labute approximate surface area is 199 Å². The lowest BCUT2D eigenvalue weighted by Gasteiger charge is -2.06. The Morgan fingerprint density at radius 1 is 1.06 bits per heavy atom. The second-order valence-electron chi connectivity index (χ2n) is 8.26. The second-order valence-corrected chi connectivity index (χ2v) is 8.26. The third-order valence-corrected chi connectivity index (χ3v) is 5.84. The highest BCUT2D eigenvalue weighted by atomic mass is 16.1. The average molecular weight is 464 g/mol. The number of H-pyrrole nitrogens is 2. The fraction of sp³-hybridized carbons (Fsp3) is 0.120. The van der Waals surface area contributed by atoms with E-state index in [1.807, 2.05) is 42.8 Å². The zero-order chi connectivity index (χ0) is 23.9. The second kappa shape index (κ2) is 8.17. The van der Waals surface area contributed by atoms with Gasteiger partial charge in [0.05, 0.1) is 34.5 Å². The normalized spacial score (nSPS) is 11.4. The van der Waals surface area contributed by atoms with Crippen LogP contribution in [0.15, 0.2) is 61.6 Å². The van der Waals surface area contributed by atoms with E-state index in [0.29, 0.717) is 17.8 Å². The highest BCUT2D eigenvalue weighted by Gasteiger charge is 2.15. The molecule has 0 aliphatic heterocycles. The van der Waals surface area contributed by atoms with E-state index in [0.717, 1.165) is 50.3 Å². The number of carbonyl (C=O) groups is 1. The van der Waals surface area contributed by atoms with Crippen molar-refractivity contribution in [1.82, 2.24) is 39.7 Å². The maximum absolute atomic E-state index is 11.8. The molecule has 6 rings (SSSR count). The molecule has 0 radical (unpaired) electrons. The van der Waals surface area contributed by atoms with E-state index in [-0.39, 0.29) is 5.91 Å². The first-order valence-corrected chi connectivity index (χ1v) is 11.2. The van der Waals surface area contributed by atoms with Crippen LogP contribution in [0.5, 0.6) is 0 Å². The van der Waals surface area contributed by atoms with Gasteiger partial charge in [0.25, 0.3) is 0 Å². The number of nitrogens with one attached hydrogen (secondary N) is 3. The molecule has 0 atom stereocenters. The summed E-state index contributed by atoms with van der Waals surface area (Å²) >= 11 is 0. The Balaban J connectivity index is 1.43. The average Bonchev–Trinajstić information content (AvgIpc) is 3.61. The van der Waals surface area contributed by atoms with Crippen molar-refractivity contribution >= 4 is 33.5 Å². The van der Waals surface area contributed by atoms with E-state index in [1.54, 1.807) is 31.1 Å². The Morgan fingerprint density at radius 3 is 2.77 bits per heavy atom. The first kappa shape index (κ1) is 20.7. The summed E-state index contributed by atoms with van der Waals surface area (Å²) in [7, 11) is 0. The quantitative estimate of drug-likeness (QED) is 0.347. The van der Waals surface area contributed by atoms with Crippen molar-refractivity contribution in [2.24, 2.45) is 0 Å². The fourth-order valence-corrected chi connectivity index (χ4v) is 4.09. The van der Waals surface area contributed by atoms with Crippen LogP contribution in [0.3, 0.4) is 0 Å². The van der Waals surface area contributed by atoms with E-state index in [1.165, 1.54) is 0 Å². The Kier molecular flexibility index (Phi) is 4.84. The molecule has 10 heteroatoms. The van der Waals surface area contributed by atoms with Gasteiger partial charge in [0.1, 0.15) is 12.1 Å². The zero-order valence-electron chi connectivity index (χ0n) is 19.1. The first-order chi connectivity index (χ1) is 17.1. The molecule has 1 amide bonds. The van der Waals surface area contributed by atoms with Crippen molar-refractivity contribution in [2.75, 3.05) is 5.32 Å². The molecule has 0 fully saturated rings. The van der Waals surface area contributed by atoms with Gasteiger partial charge < -0.3 is 10.3 Å². The summed E-state index contributed by atoms with van der Waals surface area (Å²) in [5.41, 5.74) is 6.53. The number of amides is 1. The molecule has 0 aromatic carbocycles. The van der Waals surface area contributed by atoms with Crippen LogP contribution in [0.4, 0.5) is 5.69 Å². The van der Waals surface area contributed by atoms with Gasteiger partial charge >= 0.3 is 0 Å². The fourth-order valence-electron chi connectivity index (χ4n) is 4.09. The third kappa shape index (κ3) is 3.70. The van der Waals surface area contributed by atoms with Gasteiger partial charge in [-0.05, 0) is 31.2 Å². The number of anilines is 1. The number of aromatic nitrogens is 8. The molecule has 0 saturated heterocycles. The lowest BCUT2D eigenvalue weighted by atomic mass is 10.1. The highest BCUT2D eigenvalue weighted by Crippen LogP contribution is 2.32. The molecule has 6 aromatic rings. The van der Waals surface area contributed by atoms with Crippen LogP contribution in [0.1, 0.15) is 19.0 Å². The lowest BCUT2D eigenvalue weighted by Crippen LogP contribution is -2.09. The lowest BCUT2D eigenvalue weighted by molar-refractivity contribution is -0.115. The van der Waals surface area contributed by atoms with Crippen molar-refractivity contribution in [3.05, 3.63) is 67.3 Å². The summed E-state index contributed by atoms with van der Waals surface area (Å²) in [5.74, 6) is 0.735. The molecule has 35 heavy (non-hydrogen) atoms. The van der Waals surface area contributed by atoms with Gasteiger partial charge in [0, 0.05) is 53.1 Å². The van der Waals surface area contributed by atoms with E-state index in [2.05, 4.69) is 46.5 Å². The van der Waals surface area contributed by atoms with Crippen LogP contribution in [0.25, 0.3) is 50.3 Å². The molecule has 0 aliphatic carbocycles. The van der Waals surface area contributed by atoms with Crippen LogP contribution < -0.4 is 5.32 Å². The molecular formula is C25H21N9O. The van der Waals surface area contributed by atoms with Gasteiger partial charge in [0.15, 0.2) is 5.65 Å². The van der Waals surface area contributed by atoms with Gasteiger partial charge in [0.2, 0.25) is 5.91 Å². The number of hydrogen-bond donors (Lipinski definition) is 3. The standard InChI is InChI=1S/C25H21N9O/c1-3-22(35)30-17-6-15(9-26-11-17)16-7-19-23(32-33-24(19)28-10-16)21-8-18-20(31-21)4-5-27-25(18)34-12-14(2)29-13-34/h4-13,31H,3H2,1-2H3,(H,30,35)(H,28,32,33). The molecule has 3 N–H and O–H groups in total. The minimum Gasteiger partial charge on any atom is -0.353 e. The molecule has 10 nitrogen and oxygen atoms in total. The van der Waals surface area contributed by atoms with E-state index < -0.39 is 0 Å². The monoisotopic (exact) mass is 463 g/mol. The molecule has 6 heterocycles. The molecule has 0 bridgehead atoms. The van der Waals surface area contributed by atoms with Gasteiger partial charge in [-0.2, -0.15) is 5.10 Å². The number of aromatic amines is 2. The molecule has 6 aromatic heterocycles. The number of aryl methyl sites for hydroxylation is 1. The van der Waals surface area contributed by atoms with Crippen molar-refractivity contribution in [3.63, 3.8) is 0 Å². The maximum atomic E-state index is 11.8. The smallest absolute Gasteiger partial charge is 0.224 e. The summed E-state index contributed by atoms with van der Waals surface area (Å²) in [5, 5.41) is 12.2. The Bertz CT molecular complexity index is 1710. The highest BCUT2D eigenvalue weighted by molar-refractivity contribution is 5.98. The van der Waals surface area contributed by atoms with Crippen LogP contribution in [-0.2, 0) is 4.79 Å². The molecule has 0 spiro atoms. The zero-order valence-corrected chi connectivity index (χ0v) is 19.1. The minimum absolute atomic E-state index is 0.0619. The number of rotatable bonds is 5. The molecule has 0 unspecified atom stereocenters. The van der Waals surface area contributed by atoms with Crippen LogP contribution in [0.2, 0.25) is 0 Å². The predicted octanol–water partition coefficient (Wildman–Crippen LogP) is 4.41. The number of fused-ring (bicyclic) bond motifs is 2. The molecule has 172 valence electrons. The van der Waals surface area contributed by atoms with E-state index in [9.17, 15) is 4.79 Å². The van der Waals surface area contributed by atoms with E-state index >= 15 is 0 Å². The number of pyridine rings is 3. The topological polar surface area (TPSA) is 130 Å². The summed E-state index contributed by atoms with van der Waals surface area (Å²) in [6, 6.07) is 7.90. The van der Waals surface area contributed by atoms with Crippen molar-refractivity contribution in [2.45, 2.75) is 20.3 Å². The number of hydrogen-bond acceptors (Lipinski definition) is 6. The minimum atomic E-state index is -0.0619. The van der Waals surface area contributed by atoms with Crippen LogP contribution in [-0.4, -0.2) is 45.6 Å². The van der Waals surface area contributed by atoms with Gasteiger partial charge in [-0.3, -0.25) is 19.4 Å². The third-order valence-electron chi connectivity index (χ3n) is 5.84. The summed E-state index contributed by atoms with van der Waals surface area (Å²) in [4.78, 5) is 33.0. The van der Waals surface area contributed by atoms with Gasteiger partial charge in [-0.25, -0.2) is 15.0 Å². The molecule has 0 saturated carbocycles. The Hall–Kier alpha value is -4.86. The van der Waals surface area contributed by atoms with Crippen LogP contribution >= 0.6 is 0 Å². The SMILES string of the molecule is CCC(=O)Nc1cncc(-c2cnc3n[nH]c(-c4cc5c(-n6cnc(C)c6)nccc5[nH]4)c3c2)c1. The number of carbonyl (C=O) groups excluding carboxylic acids is 1. The first-order valence-electron chi connectivity index (χ1n) is 11.2. The largest absolute Gasteiger partial charge is 0.353 e. The molecule has 0 aliphatic rings. The maximum Gasteiger partial charge on any atom is 0.224 e. The van der Waals surface area contributed by atoms with Crippen molar-refractivity contribution in [3.8, 4) is 28.3 Å².